The Morgan fingerprint density at radius 2 is 2.00 bits per heavy atom. The minimum absolute atomic E-state index is 0.264. The topological polar surface area (TPSA) is 38.3 Å². The van der Waals surface area contributed by atoms with E-state index >= 15 is 0 Å². The fraction of sp³-hybridized carbons (Fsp3) is 0.0625. The van der Waals surface area contributed by atoms with Crippen molar-refractivity contribution >= 4 is 11.6 Å². The van der Waals surface area contributed by atoms with Gasteiger partial charge in [0, 0.05) is 0 Å². The van der Waals surface area contributed by atoms with E-state index < -0.39 is 0 Å². The molecule has 19 heavy (non-hydrogen) atoms. The monoisotopic (exact) mass is 253 g/mol. The maximum Gasteiger partial charge on any atom is 0.247 e. The van der Waals surface area contributed by atoms with Crippen LogP contribution in [0, 0.1) is 6.92 Å². The van der Waals surface area contributed by atoms with Gasteiger partial charge in [0.25, 0.3) is 0 Å². The van der Waals surface area contributed by atoms with E-state index in [4.69, 9.17) is 4.74 Å². The molecule has 3 heteroatoms. The van der Waals surface area contributed by atoms with Crippen molar-refractivity contribution in [2.75, 3.05) is 5.32 Å². The fourth-order valence-electron chi connectivity index (χ4n) is 1.65. The molecule has 0 atom stereocenters. The Labute approximate surface area is 112 Å². The van der Waals surface area contributed by atoms with Gasteiger partial charge in [-0.2, -0.15) is 0 Å². The van der Waals surface area contributed by atoms with Crippen LogP contribution >= 0.6 is 0 Å². The predicted octanol–water partition coefficient (Wildman–Crippen LogP) is 3.91. The Kier molecular flexibility index (Phi) is 3.98. The number of nitrogens with one attached hydrogen (secondary N) is 1. The summed E-state index contributed by atoms with van der Waals surface area (Å²) in [6, 6.07) is 15.0. The number of aryl methyl sites for hydroxylation is 1. The Morgan fingerprint density at radius 3 is 2.74 bits per heavy atom. The molecule has 1 N–H and O–H groups in total. The van der Waals surface area contributed by atoms with E-state index in [9.17, 15) is 4.79 Å². The average Bonchev–Trinajstić information content (AvgIpc) is 2.41. The summed E-state index contributed by atoms with van der Waals surface area (Å²) in [6.07, 6.45) is 1.23. The number of ether oxygens (including phenoxy) is 1. The lowest BCUT2D eigenvalue weighted by molar-refractivity contribution is -0.111. The van der Waals surface area contributed by atoms with Crippen LogP contribution in [-0.4, -0.2) is 5.91 Å². The molecule has 0 spiro atoms. The second-order valence-electron chi connectivity index (χ2n) is 4.11. The van der Waals surface area contributed by atoms with Gasteiger partial charge in [0.2, 0.25) is 5.91 Å². The molecule has 0 heterocycles. The van der Waals surface area contributed by atoms with E-state index in [1.807, 2.05) is 43.3 Å². The zero-order chi connectivity index (χ0) is 13.7. The van der Waals surface area contributed by atoms with Gasteiger partial charge in [-0.1, -0.05) is 30.8 Å². The molecule has 96 valence electrons. The van der Waals surface area contributed by atoms with Crippen LogP contribution in [0.1, 0.15) is 5.56 Å². The summed E-state index contributed by atoms with van der Waals surface area (Å²) in [5.41, 5.74) is 1.74. The third-order valence-electron chi connectivity index (χ3n) is 2.55. The zero-order valence-electron chi connectivity index (χ0n) is 10.7. The molecule has 0 aliphatic carbocycles. The van der Waals surface area contributed by atoms with Crippen molar-refractivity contribution in [1.82, 2.24) is 0 Å². The van der Waals surface area contributed by atoms with Gasteiger partial charge in [-0.15, -0.1) is 0 Å². The summed E-state index contributed by atoms with van der Waals surface area (Å²) in [6.45, 7) is 5.43. The highest BCUT2D eigenvalue weighted by Gasteiger charge is 2.06. The lowest BCUT2D eigenvalue weighted by atomic mass is 10.2. The van der Waals surface area contributed by atoms with Crippen molar-refractivity contribution in [3.63, 3.8) is 0 Å². The summed E-state index contributed by atoms with van der Waals surface area (Å²) in [7, 11) is 0. The van der Waals surface area contributed by atoms with Gasteiger partial charge >= 0.3 is 0 Å². The highest BCUT2D eigenvalue weighted by Crippen LogP contribution is 2.29. The first-order chi connectivity index (χ1) is 9.19. The van der Waals surface area contributed by atoms with Crippen LogP contribution in [0.25, 0.3) is 0 Å². The van der Waals surface area contributed by atoms with E-state index in [-0.39, 0.29) is 5.91 Å². The van der Waals surface area contributed by atoms with Gasteiger partial charge < -0.3 is 10.1 Å². The Hall–Kier alpha value is -2.55. The second-order valence-corrected chi connectivity index (χ2v) is 4.11. The van der Waals surface area contributed by atoms with Crippen molar-refractivity contribution in [2.24, 2.45) is 0 Å². The van der Waals surface area contributed by atoms with E-state index in [1.165, 1.54) is 6.08 Å². The van der Waals surface area contributed by atoms with Crippen LogP contribution in [0.3, 0.4) is 0 Å². The highest BCUT2D eigenvalue weighted by atomic mass is 16.5. The number of benzene rings is 2. The zero-order valence-corrected chi connectivity index (χ0v) is 10.7. The molecule has 0 aliphatic heterocycles. The lowest BCUT2D eigenvalue weighted by Gasteiger charge is -2.11. The molecule has 0 bridgehead atoms. The molecule has 0 aliphatic rings. The molecular formula is C16H15NO2. The third-order valence-corrected chi connectivity index (χ3v) is 2.55. The Balaban J connectivity index is 2.25. The molecule has 0 aromatic heterocycles. The maximum absolute atomic E-state index is 11.4. The number of hydrogen-bond donors (Lipinski definition) is 1. The van der Waals surface area contributed by atoms with Crippen LogP contribution < -0.4 is 10.1 Å². The normalized spacial score (nSPS) is 9.74. The number of carbonyl (C=O) groups is 1. The van der Waals surface area contributed by atoms with E-state index in [0.29, 0.717) is 11.4 Å². The van der Waals surface area contributed by atoms with Crippen molar-refractivity contribution in [3.8, 4) is 11.5 Å². The average molecular weight is 253 g/mol. The van der Waals surface area contributed by atoms with Crippen molar-refractivity contribution in [2.45, 2.75) is 6.92 Å². The molecule has 0 saturated carbocycles. The molecule has 0 fully saturated rings. The summed E-state index contributed by atoms with van der Waals surface area (Å²) >= 11 is 0. The summed E-state index contributed by atoms with van der Waals surface area (Å²) in [4.78, 5) is 11.4. The van der Waals surface area contributed by atoms with Crippen LogP contribution in [-0.2, 0) is 4.79 Å². The van der Waals surface area contributed by atoms with Gasteiger partial charge in [0.1, 0.15) is 5.75 Å². The van der Waals surface area contributed by atoms with Gasteiger partial charge in [0.05, 0.1) is 5.69 Å². The summed E-state index contributed by atoms with van der Waals surface area (Å²) in [5, 5.41) is 2.71. The smallest absolute Gasteiger partial charge is 0.247 e. The summed E-state index contributed by atoms with van der Waals surface area (Å²) in [5.74, 6) is 1.07. The highest BCUT2D eigenvalue weighted by molar-refractivity contribution is 5.99. The van der Waals surface area contributed by atoms with E-state index in [2.05, 4.69) is 11.9 Å². The molecule has 2 aromatic carbocycles. The van der Waals surface area contributed by atoms with Gasteiger partial charge in [-0.3, -0.25) is 4.79 Å². The predicted molar refractivity (Wildman–Crippen MR) is 76.5 cm³/mol. The molecule has 1 amide bonds. The number of anilines is 1. The summed E-state index contributed by atoms with van der Waals surface area (Å²) < 4.78 is 5.79. The molecule has 2 aromatic rings. The minimum atomic E-state index is -0.264. The number of hydrogen-bond acceptors (Lipinski definition) is 2. The minimum Gasteiger partial charge on any atom is -0.455 e. The van der Waals surface area contributed by atoms with Crippen LogP contribution in [0.15, 0.2) is 61.2 Å². The largest absolute Gasteiger partial charge is 0.455 e. The molecule has 3 nitrogen and oxygen atoms in total. The van der Waals surface area contributed by atoms with E-state index in [1.54, 1.807) is 12.1 Å². The molecule has 2 rings (SSSR count). The Bertz CT molecular complexity index is 605. The number of carbonyl (C=O) groups excluding carboxylic acids is 1. The first-order valence-electron chi connectivity index (χ1n) is 5.96. The lowest BCUT2D eigenvalue weighted by Crippen LogP contribution is -2.08. The standard InChI is InChI=1S/C16H15NO2/c1-3-16(18)17-14-9-4-5-10-15(14)19-13-8-6-7-12(2)11-13/h3-11H,1H2,2H3,(H,17,18). The molecule has 0 radical (unpaired) electrons. The van der Waals surface area contributed by atoms with Crippen LogP contribution in [0.5, 0.6) is 11.5 Å². The van der Waals surface area contributed by atoms with Crippen molar-refractivity contribution in [1.29, 1.82) is 0 Å². The Morgan fingerprint density at radius 1 is 1.21 bits per heavy atom. The molecule has 0 saturated heterocycles. The number of para-hydroxylation sites is 2. The first kappa shape index (κ1) is 12.9. The quantitative estimate of drug-likeness (QED) is 0.839. The first-order valence-corrected chi connectivity index (χ1v) is 5.96. The SMILES string of the molecule is C=CC(=O)Nc1ccccc1Oc1cccc(C)c1. The fourth-order valence-corrected chi connectivity index (χ4v) is 1.65. The number of amides is 1. The molecular weight excluding hydrogens is 238 g/mol. The maximum atomic E-state index is 11.4. The van der Waals surface area contributed by atoms with Crippen LogP contribution in [0.4, 0.5) is 5.69 Å². The third kappa shape index (κ3) is 3.45. The van der Waals surface area contributed by atoms with Gasteiger partial charge in [-0.05, 0) is 42.8 Å². The van der Waals surface area contributed by atoms with Crippen molar-refractivity contribution in [3.05, 3.63) is 66.7 Å². The number of rotatable bonds is 4. The van der Waals surface area contributed by atoms with Crippen molar-refractivity contribution < 1.29 is 9.53 Å². The second kappa shape index (κ2) is 5.87. The molecule has 0 unspecified atom stereocenters. The van der Waals surface area contributed by atoms with Gasteiger partial charge in [0.15, 0.2) is 5.75 Å². The van der Waals surface area contributed by atoms with E-state index in [0.717, 1.165) is 11.3 Å². The van der Waals surface area contributed by atoms with Crippen LogP contribution in [0.2, 0.25) is 0 Å². The van der Waals surface area contributed by atoms with Gasteiger partial charge in [-0.25, -0.2) is 0 Å².